The summed E-state index contributed by atoms with van der Waals surface area (Å²) in [5.41, 5.74) is 1.04. The lowest BCUT2D eigenvalue weighted by molar-refractivity contribution is -0.137. The standard InChI is InChI=1S/C17H11F3N4O2S/c18-17(19,20)11-4-1-3-10(7-11)9-21-24-15(25)13-8-12(22-16(26)23-13)14-5-2-6-27-14/h1-9H,(H,24,25)(H,22,23,26)/b21-9+. The van der Waals surface area contributed by atoms with Crippen molar-refractivity contribution in [3.05, 3.63) is 75.1 Å². The molecular formula is C17H11F3N4O2S. The SMILES string of the molecule is O=C(N/N=C/c1cccc(C(F)(F)F)c1)c1cc(-c2cccs2)[nH]c(=O)n1. The number of benzene rings is 1. The molecule has 10 heteroatoms. The van der Waals surface area contributed by atoms with Gasteiger partial charge in [-0.1, -0.05) is 18.2 Å². The fraction of sp³-hybridized carbons (Fsp3) is 0.0588. The zero-order valence-electron chi connectivity index (χ0n) is 13.4. The van der Waals surface area contributed by atoms with Crippen molar-refractivity contribution in [2.24, 2.45) is 5.10 Å². The molecule has 0 radical (unpaired) electrons. The van der Waals surface area contributed by atoms with Crippen LogP contribution in [0.1, 0.15) is 21.6 Å². The van der Waals surface area contributed by atoms with Crippen LogP contribution in [0.15, 0.2) is 57.7 Å². The summed E-state index contributed by atoms with van der Waals surface area (Å²) >= 11 is 1.37. The minimum atomic E-state index is -4.47. The number of thiophene rings is 1. The van der Waals surface area contributed by atoms with Gasteiger partial charge in [-0.25, -0.2) is 10.2 Å². The van der Waals surface area contributed by atoms with Crippen molar-refractivity contribution in [3.63, 3.8) is 0 Å². The smallest absolute Gasteiger partial charge is 0.305 e. The number of nitrogens with zero attached hydrogens (tertiary/aromatic N) is 2. The van der Waals surface area contributed by atoms with E-state index in [-0.39, 0.29) is 11.3 Å². The highest BCUT2D eigenvalue weighted by atomic mass is 32.1. The first kappa shape index (κ1) is 18.5. The molecule has 2 aromatic heterocycles. The molecule has 0 spiro atoms. The molecule has 0 aliphatic carbocycles. The molecule has 0 aliphatic heterocycles. The molecule has 138 valence electrons. The van der Waals surface area contributed by atoms with Crippen molar-refractivity contribution in [2.75, 3.05) is 0 Å². The number of nitrogens with one attached hydrogen (secondary N) is 2. The minimum absolute atomic E-state index is 0.156. The van der Waals surface area contributed by atoms with Gasteiger partial charge in [-0.05, 0) is 35.2 Å². The van der Waals surface area contributed by atoms with Gasteiger partial charge in [0.05, 0.1) is 22.3 Å². The Morgan fingerprint density at radius 3 is 2.74 bits per heavy atom. The lowest BCUT2D eigenvalue weighted by atomic mass is 10.1. The largest absolute Gasteiger partial charge is 0.416 e. The third-order valence-corrected chi connectivity index (χ3v) is 4.26. The second-order valence-corrected chi connectivity index (χ2v) is 6.23. The van der Waals surface area contributed by atoms with Crippen LogP contribution in [0.5, 0.6) is 0 Å². The molecule has 0 unspecified atom stereocenters. The van der Waals surface area contributed by atoms with Gasteiger partial charge in [0.15, 0.2) is 0 Å². The van der Waals surface area contributed by atoms with E-state index in [1.807, 2.05) is 5.38 Å². The number of rotatable bonds is 4. The summed E-state index contributed by atoms with van der Waals surface area (Å²) in [6.07, 6.45) is -3.40. The molecule has 0 saturated carbocycles. The topological polar surface area (TPSA) is 87.2 Å². The summed E-state index contributed by atoms with van der Waals surface area (Å²) in [4.78, 5) is 30.6. The van der Waals surface area contributed by atoms with Gasteiger partial charge in [0, 0.05) is 0 Å². The third kappa shape index (κ3) is 4.67. The lowest BCUT2D eigenvalue weighted by Crippen LogP contribution is -2.24. The molecule has 0 fully saturated rings. The van der Waals surface area contributed by atoms with Crippen LogP contribution < -0.4 is 11.1 Å². The normalized spacial score (nSPS) is 11.7. The monoisotopic (exact) mass is 392 g/mol. The van der Waals surface area contributed by atoms with Gasteiger partial charge >= 0.3 is 11.9 Å². The zero-order chi connectivity index (χ0) is 19.4. The van der Waals surface area contributed by atoms with Crippen LogP contribution in [-0.4, -0.2) is 22.1 Å². The van der Waals surface area contributed by atoms with Crippen LogP contribution in [0.4, 0.5) is 13.2 Å². The zero-order valence-corrected chi connectivity index (χ0v) is 14.3. The first-order chi connectivity index (χ1) is 12.8. The molecule has 2 N–H and O–H groups in total. The van der Waals surface area contributed by atoms with E-state index in [2.05, 4.69) is 20.5 Å². The predicted octanol–water partition coefficient (Wildman–Crippen LogP) is 3.28. The molecule has 3 aromatic rings. The summed E-state index contributed by atoms with van der Waals surface area (Å²) in [7, 11) is 0. The maximum absolute atomic E-state index is 12.7. The average Bonchev–Trinajstić information content (AvgIpc) is 3.15. The van der Waals surface area contributed by atoms with Crippen molar-refractivity contribution in [1.82, 2.24) is 15.4 Å². The lowest BCUT2D eigenvalue weighted by Gasteiger charge is -2.06. The summed E-state index contributed by atoms with van der Waals surface area (Å²) in [6, 6.07) is 9.42. The summed E-state index contributed by atoms with van der Waals surface area (Å²) in [5, 5.41) is 5.43. The van der Waals surface area contributed by atoms with Gasteiger partial charge in [-0.15, -0.1) is 11.3 Å². The van der Waals surface area contributed by atoms with E-state index >= 15 is 0 Å². The first-order valence-electron chi connectivity index (χ1n) is 7.49. The van der Waals surface area contributed by atoms with Gasteiger partial charge in [0.25, 0.3) is 5.91 Å². The van der Waals surface area contributed by atoms with Gasteiger partial charge < -0.3 is 4.98 Å². The second kappa shape index (κ2) is 7.54. The molecule has 0 saturated heterocycles. The van der Waals surface area contributed by atoms with Crippen LogP contribution in [0.3, 0.4) is 0 Å². The summed E-state index contributed by atoms with van der Waals surface area (Å²) < 4.78 is 38.0. The average molecular weight is 392 g/mol. The maximum atomic E-state index is 12.7. The molecule has 0 bridgehead atoms. The predicted molar refractivity (Wildman–Crippen MR) is 94.7 cm³/mol. The van der Waals surface area contributed by atoms with E-state index in [0.29, 0.717) is 5.69 Å². The van der Waals surface area contributed by atoms with Crippen molar-refractivity contribution < 1.29 is 18.0 Å². The molecule has 1 amide bonds. The maximum Gasteiger partial charge on any atom is 0.416 e. The Bertz CT molecular complexity index is 1040. The van der Waals surface area contributed by atoms with Crippen LogP contribution in [0, 0.1) is 0 Å². The Morgan fingerprint density at radius 1 is 1.22 bits per heavy atom. The third-order valence-electron chi connectivity index (χ3n) is 3.36. The van der Waals surface area contributed by atoms with Gasteiger partial charge in [-0.3, -0.25) is 4.79 Å². The summed E-state index contributed by atoms with van der Waals surface area (Å²) in [6.45, 7) is 0. The number of aromatic nitrogens is 2. The Morgan fingerprint density at radius 2 is 2.04 bits per heavy atom. The van der Waals surface area contributed by atoms with Crippen LogP contribution in [0.2, 0.25) is 0 Å². The van der Waals surface area contributed by atoms with Gasteiger partial charge in [0.1, 0.15) is 5.69 Å². The molecule has 2 heterocycles. The fourth-order valence-corrected chi connectivity index (χ4v) is 2.85. The Kier molecular flexibility index (Phi) is 5.17. The van der Waals surface area contributed by atoms with Crippen molar-refractivity contribution >= 4 is 23.5 Å². The number of alkyl halides is 3. The van der Waals surface area contributed by atoms with E-state index < -0.39 is 23.3 Å². The van der Waals surface area contributed by atoms with Gasteiger partial charge in [-0.2, -0.15) is 23.3 Å². The number of H-pyrrole nitrogens is 1. The van der Waals surface area contributed by atoms with Crippen LogP contribution in [-0.2, 0) is 6.18 Å². The van der Waals surface area contributed by atoms with Crippen LogP contribution in [0.25, 0.3) is 10.6 Å². The van der Waals surface area contributed by atoms with Crippen LogP contribution >= 0.6 is 11.3 Å². The highest BCUT2D eigenvalue weighted by Crippen LogP contribution is 2.29. The van der Waals surface area contributed by atoms with Gasteiger partial charge in [0.2, 0.25) is 0 Å². The fourth-order valence-electron chi connectivity index (χ4n) is 2.16. The Hall–Kier alpha value is -3.27. The molecule has 27 heavy (non-hydrogen) atoms. The number of hydrazone groups is 1. The number of carbonyl (C=O) groups is 1. The number of amides is 1. The van der Waals surface area contributed by atoms with E-state index in [4.69, 9.17) is 0 Å². The highest BCUT2D eigenvalue weighted by molar-refractivity contribution is 7.13. The minimum Gasteiger partial charge on any atom is -0.305 e. The van der Waals surface area contributed by atoms with Crippen molar-refractivity contribution in [3.8, 4) is 10.6 Å². The number of hydrogen-bond acceptors (Lipinski definition) is 5. The van der Waals surface area contributed by atoms with E-state index in [1.165, 1.54) is 29.5 Å². The number of halogens is 3. The second-order valence-electron chi connectivity index (χ2n) is 5.28. The summed E-state index contributed by atoms with van der Waals surface area (Å²) in [5.74, 6) is -0.762. The quantitative estimate of drug-likeness (QED) is 0.528. The molecule has 0 atom stereocenters. The Balaban J connectivity index is 1.75. The van der Waals surface area contributed by atoms with E-state index in [9.17, 15) is 22.8 Å². The first-order valence-corrected chi connectivity index (χ1v) is 8.37. The molecule has 6 nitrogen and oxygen atoms in total. The molecule has 1 aromatic carbocycles. The number of hydrogen-bond donors (Lipinski definition) is 2. The molecule has 3 rings (SSSR count). The van der Waals surface area contributed by atoms with Crippen molar-refractivity contribution in [2.45, 2.75) is 6.18 Å². The van der Waals surface area contributed by atoms with E-state index in [1.54, 1.807) is 12.1 Å². The van der Waals surface area contributed by atoms with Crippen molar-refractivity contribution in [1.29, 1.82) is 0 Å². The number of carbonyl (C=O) groups excluding carboxylic acids is 1. The van der Waals surface area contributed by atoms with E-state index in [0.717, 1.165) is 23.2 Å². The molecule has 0 aliphatic rings. The highest BCUT2D eigenvalue weighted by Gasteiger charge is 2.30. The number of aromatic amines is 1. The Labute approximate surface area is 154 Å². The molecular weight excluding hydrogens is 381 g/mol.